The third-order valence-corrected chi connectivity index (χ3v) is 4.56. The summed E-state index contributed by atoms with van der Waals surface area (Å²) in [4.78, 5) is 26.8. The number of anilines is 3. The monoisotopic (exact) mass is 383 g/mol. The van der Waals surface area contributed by atoms with Crippen LogP contribution in [-0.2, 0) is 9.59 Å². The summed E-state index contributed by atoms with van der Waals surface area (Å²) in [6.45, 7) is 9.92. The number of hydrogen-bond acceptors (Lipinski definition) is 4. The predicted molar refractivity (Wildman–Crippen MR) is 114 cm³/mol. The fourth-order valence-electron chi connectivity index (χ4n) is 3.03. The van der Waals surface area contributed by atoms with Gasteiger partial charge in [0.05, 0.1) is 12.8 Å². The van der Waals surface area contributed by atoms with Crippen LogP contribution in [0.4, 0.5) is 17.1 Å². The zero-order valence-corrected chi connectivity index (χ0v) is 17.3. The Balaban J connectivity index is 2.00. The van der Waals surface area contributed by atoms with Crippen molar-refractivity contribution >= 4 is 28.9 Å². The molecule has 2 aromatic rings. The van der Waals surface area contributed by atoms with Gasteiger partial charge in [0.2, 0.25) is 11.8 Å². The van der Waals surface area contributed by atoms with Crippen molar-refractivity contribution in [1.29, 1.82) is 0 Å². The van der Waals surface area contributed by atoms with E-state index in [0.29, 0.717) is 17.1 Å². The standard InChI is InChI=1S/C22H29N3O3/c1-6-25(7-2)17-9-10-18(16(4)13-17)23-21(26)14-22(27)24-19-12-15(3)8-11-20(19)28-5/h8-13H,6-7,14H2,1-5H3,(H,23,26)(H,24,27). The van der Waals surface area contributed by atoms with Gasteiger partial charge in [-0.2, -0.15) is 0 Å². The number of carbonyl (C=O) groups excluding carboxylic acids is 2. The smallest absolute Gasteiger partial charge is 0.233 e. The highest BCUT2D eigenvalue weighted by Gasteiger charge is 2.14. The summed E-state index contributed by atoms with van der Waals surface area (Å²) in [6, 6.07) is 11.4. The molecular weight excluding hydrogens is 354 g/mol. The third-order valence-electron chi connectivity index (χ3n) is 4.56. The van der Waals surface area contributed by atoms with Crippen molar-refractivity contribution in [3.63, 3.8) is 0 Å². The minimum absolute atomic E-state index is 0.270. The Hall–Kier alpha value is -3.02. The molecule has 150 valence electrons. The number of aryl methyl sites for hydroxylation is 2. The van der Waals surface area contributed by atoms with Crippen molar-refractivity contribution < 1.29 is 14.3 Å². The molecule has 0 spiro atoms. The molecule has 0 fully saturated rings. The maximum atomic E-state index is 12.3. The molecule has 2 rings (SSSR count). The van der Waals surface area contributed by atoms with Crippen molar-refractivity contribution in [2.75, 3.05) is 35.7 Å². The van der Waals surface area contributed by atoms with Gasteiger partial charge in [-0.1, -0.05) is 6.07 Å². The number of nitrogens with zero attached hydrogens (tertiary/aromatic N) is 1. The summed E-state index contributed by atoms with van der Waals surface area (Å²) in [7, 11) is 1.54. The fraction of sp³-hybridized carbons (Fsp3) is 0.364. The number of methoxy groups -OCH3 is 1. The quantitative estimate of drug-likeness (QED) is 0.673. The van der Waals surface area contributed by atoms with Crippen LogP contribution in [0, 0.1) is 13.8 Å². The highest BCUT2D eigenvalue weighted by molar-refractivity contribution is 6.08. The van der Waals surface area contributed by atoms with Gasteiger partial charge in [0.1, 0.15) is 12.2 Å². The minimum atomic E-state index is -0.390. The molecule has 0 saturated heterocycles. The van der Waals surface area contributed by atoms with Crippen LogP contribution in [0.15, 0.2) is 36.4 Å². The Kier molecular flexibility index (Phi) is 7.44. The summed E-state index contributed by atoms with van der Waals surface area (Å²) in [6.07, 6.45) is -0.270. The van der Waals surface area contributed by atoms with Crippen LogP contribution >= 0.6 is 0 Å². The lowest BCUT2D eigenvalue weighted by atomic mass is 10.1. The molecule has 0 saturated carbocycles. The highest BCUT2D eigenvalue weighted by atomic mass is 16.5. The molecule has 0 aliphatic rings. The van der Waals surface area contributed by atoms with Gasteiger partial charge >= 0.3 is 0 Å². The Labute approximate surface area is 166 Å². The molecule has 0 aliphatic heterocycles. The van der Waals surface area contributed by atoms with E-state index in [-0.39, 0.29) is 18.2 Å². The number of nitrogens with one attached hydrogen (secondary N) is 2. The minimum Gasteiger partial charge on any atom is -0.495 e. The maximum Gasteiger partial charge on any atom is 0.233 e. The summed E-state index contributed by atoms with van der Waals surface area (Å²) in [5.74, 6) is -0.191. The molecule has 0 atom stereocenters. The van der Waals surface area contributed by atoms with E-state index in [1.165, 1.54) is 7.11 Å². The molecule has 2 amide bonds. The van der Waals surface area contributed by atoms with Crippen LogP contribution in [0.3, 0.4) is 0 Å². The van der Waals surface area contributed by atoms with Crippen molar-refractivity contribution in [1.82, 2.24) is 0 Å². The Morgan fingerprint density at radius 2 is 1.57 bits per heavy atom. The summed E-state index contributed by atoms with van der Waals surface area (Å²) >= 11 is 0. The molecule has 0 unspecified atom stereocenters. The number of hydrogen-bond donors (Lipinski definition) is 2. The van der Waals surface area contributed by atoms with E-state index in [1.807, 2.05) is 44.2 Å². The number of rotatable bonds is 8. The number of carbonyl (C=O) groups is 2. The first-order chi connectivity index (χ1) is 13.4. The normalized spacial score (nSPS) is 10.3. The number of amides is 2. The molecule has 6 nitrogen and oxygen atoms in total. The number of benzene rings is 2. The molecule has 0 heterocycles. The second-order valence-electron chi connectivity index (χ2n) is 6.65. The Morgan fingerprint density at radius 1 is 0.929 bits per heavy atom. The van der Waals surface area contributed by atoms with Gasteiger partial charge in [0, 0.05) is 24.5 Å². The van der Waals surface area contributed by atoms with E-state index in [1.54, 1.807) is 6.07 Å². The summed E-state index contributed by atoms with van der Waals surface area (Å²) in [5.41, 5.74) is 4.33. The lowest BCUT2D eigenvalue weighted by Crippen LogP contribution is -2.23. The molecule has 2 N–H and O–H groups in total. The largest absolute Gasteiger partial charge is 0.495 e. The summed E-state index contributed by atoms with van der Waals surface area (Å²) < 4.78 is 5.25. The van der Waals surface area contributed by atoms with Gasteiger partial charge in [0.15, 0.2) is 0 Å². The van der Waals surface area contributed by atoms with Crippen LogP contribution in [0.2, 0.25) is 0 Å². The van der Waals surface area contributed by atoms with Crippen LogP contribution in [0.1, 0.15) is 31.4 Å². The maximum absolute atomic E-state index is 12.3. The first kappa shape index (κ1) is 21.3. The van der Waals surface area contributed by atoms with Crippen molar-refractivity contribution in [2.24, 2.45) is 0 Å². The zero-order chi connectivity index (χ0) is 20.7. The first-order valence-corrected chi connectivity index (χ1v) is 9.47. The number of ether oxygens (including phenoxy) is 1. The second kappa shape index (κ2) is 9.78. The lowest BCUT2D eigenvalue weighted by Gasteiger charge is -2.22. The fourth-order valence-corrected chi connectivity index (χ4v) is 3.03. The first-order valence-electron chi connectivity index (χ1n) is 9.47. The highest BCUT2D eigenvalue weighted by Crippen LogP contribution is 2.26. The second-order valence-corrected chi connectivity index (χ2v) is 6.65. The average Bonchev–Trinajstić information content (AvgIpc) is 2.65. The van der Waals surface area contributed by atoms with E-state index in [0.717, 1.165) is 29.9 Å². The van der Waals surface area contributed by atoms with E-state index >= 15 is 0 Å². The summed E-state index contributed by atoms with van der Waals surface area (Å²) in [5, 5.41) is 5.56. The van der Waals surface area contributed by atoms with Crippen molar-refractivity contribution in [3.05, 3.63) is 47.5 Å². The lowest BCUT2D eigenvalue weighted by molar-refractivity contribution is -0.123. The van der Waals surface area contributed by atoms with Crippen molar-refractivity contribution in [2.45, 2.75) is 34.1 Å². The Morgan fingerprint density at radius 3 is 2.14 bits per heavy atom. The van der Waals surface area contributed by atoms with Crippen LogP contribution in [0.5, 0.6) is 5.75 Å². The van der Waals surface area contributed by atoms with Gasteiger partial charge < -0.3 is 20.3 Å². The SMILES string of the molecule is CCN(CC)c1ccc(NC(=O)CC(=O)Nc2cc(C)ccc2OC)c(C)c1. The average molecular weight is 383 g/mol. The van der Waals surface area contributed by atoms with Crippen LogP contribution in [0.25, 0.3) is 0 Å². The van der Waals surface area contributed by atoms with E-state index in [4.69, 9.17) is 4.74 Å². The van der Waals surface area contributed by atoms with Gasteiger partial charge in [-0.15, -0.1) is 0 Å². The van der Waals surface area contributed by atoms with Crippen LogP contribution in [-0.4, -0.2) is 32.0 Å². The molecule has 2 aromatic carbocycles. The van der Waals surface area contributed by atoms with Crippen LogP contribution < -0.4 is 20.3 Å². The molecular formula is C22H29N3O3. The molecule has 28 heavy (non-hydrogen) atoms. The molecule has 0 bridgehead atoms. The molecule has 0 aromatic heterocycles. The molecule has 0 aliphatic carbocycles. The van der Waals surface area contributed by atoms with E-state index in [9.17, 15) is 9.59 Å². The van der Waals surface area contributed by atoms with Crippen molar-refractivity contribution in [3.8, 4) is 5.75 Å². The topological polar surface area (TPSA) is 70.7 Å². The van der Waals surface area contributed by atoms with Gasteiger partial charge in [-0.25, -0.2) is 0 Å². The van der Waals surface area contributed by atoms with E-state index in [2.05, 4.69) is 29.4 Å². The zero-order valence-electron chi connectivity index (χ0n) is 17.3. The Bertz CT molecular complexity index is 845. The predicted octanol–water partition coefficient (Wildman–Crippen LogP) is 4.13. The third kappa shape index (κ3) is 5.49. The van der Waals surface area contributed by atoms with Gasteiger partial charge in [-0.05, 0) is 69.2 Å². The molecule has 0 radical (unpaired) electrons. The molecule has 6 heteroatoms. The van der Waals surface area contributed by atoms with Gasteiger partial charge in [0.25, 0.3) is 0 Å². The van der Waals surface area contributed by atoms with E-state index < -0.39 is 0 Å². The van der Waals surface area contributed by atoms with Gasteiger partial charge in [-0.3, -0.25) is 9.59 Å².